The Labute approximate surface area is 167 Å². The number of carboxylic acids is 1. The van der Waals surface area contributed by atoms with Crippen LogP contribution in [0.3, 0.4) is 0 Å². The van der Waals surface area contributed by atoms with E-state index < -0.39 is 17.7 Å². The molecule has 2 aromatic rings. The van der Waals surface area contributed by atoms with Crippen LogP contribution in [0.5, 0.6) is 0 Å². The number of nitrogens with zero attached hydrogens (tertiary/aromatic N) is 2. The van der Waals surface area contributed by atoms with E-state index in [0.29, 0.717) is 11.3 Å². The summed E-state index contributed by atoms with van der Waals surface area (Å²) in [7, 11) is 0. The molecule has 7 heteroatoms. The van der Waals surface area contributed by atoms with Gasteiger partial charge in [0.25, 0.3) is 5.91 Å². The van der Waals surface area contributed by atoms with Crippen molar-refractivity contribution in [2.24, 2.45) is 0 Å². The second-order valence-electron chi connectivity index (χ2n) is 6.77. The van der Waals surface area contributed by atoms with Gasteiger partial charge in [0.2, 0.25) is 0 Å². The minimum absolute atomic E-state index is 0.0145. The van der Waals surface area contributed by atoms with Gasteiger partial charge in [-0.3, -0.25) is 4.79 Å². The van der Waals surface area contributed by atoms with Gasteiger partial charge in [-0.25, -0.2) is 9.18 Å². The Balaban J connectivity index is 1.77. The Hall–Kier alpha value is -3.66. The number of nitrogens with one attached hydrogen (secondary N) is 1. The van der Waals surface area contributed by atoms with Crippen molar-refractivity contribution in [2.45, 2.75) is 19.3 Å². The Morgan fingerprint density at radius 1 is 1.14 bits per heavy atom. The van der Waals surface area contributed by atoms with Gasteiger partial charge in [-0.2, -0.15) is 5.26 Å². The number of anilines is 2. The minimum atomic E-state index is -1.12. The number of carboxylic acid groups (broad SMARTS) is 1. The molecule has 0 atom stereocenters. The number of aromatic carboxylic acids is 1. The first-order valence-corrected chi connectivity index (χ1v) is 9.29. The third kappa shape index (κ3) is 4.99. The van der Waals surface area contributed by atoms with Crippen molar-refractivity contribution in [3.8, 4) is 6.07 Å². The molecule has 2 N–H and O–H groups in total. The highest BCUT2D eigenvalue weighted by molar-refractivity contribution is 6.10. The van der Waals surface area contributed by atoms with Crippen LogP contribution in [-0.2, 0) is 4.79 Å². The number of benzene rings is 2. The molecule has 0 aliphatic carbocycles. The fourth-order valence-electron chi connectivity index (χ4n) is 3.25. The van der Waals surface area contributed by atoms with Gasteiger partial charge in [0.15, 0.2) is 0 Å². The zero-order valence-corrected chi connectivity index (χ0v) is 15.7. The number of carbonyl (C=O) groups excluding carboxylic acids is 1. The molecule has 0 saturated carbocycles. The number of halogens is 1. The molecular weight excluding hydrogens is 373 g/mol. The molecule has 148 valence electrons. The fraction of sp³-hybridized carbons (Fsp3) is 0.227. The molecule has 0 bridgehead atoms. The molecule has 1 fully saturated rings. The van der Waals surface area contributed by atoms with E-state index in [1.165, 1.54) is 36.4 Å². The van der Waals surface area contributed by atoms with Crippen LogP contribution < -0.4 is 10.2 Å². The summed E-state index contributed by atoms with van der Waals surface area (Å²) in [4.78, 5) is 25.4. The van der Waals surface area contributed by atoms with Gasteiger partial charge in [-0.15, -0.1) is 0 Å². The molecule has 1 saturated heterocycles. The van der Waals surface area contributed by atoms with Crippen molar-refractivity contribution in [1.29, 1.82) is 5.26 Å². The van der Waals surface area contributed by atoms with Crippen LogP contribution in [0.15, 0.2) is 48.0 Å². The summed E-state index contributed by atoms with van der Waals surface area (Å²) >= 11 is 0. The molecule has 29 heavy (non-hydrogen) atoms. The number of nitriles is 1. The third-order valence-electron chi connectivity index (χ3n) is 4.71. The molecule has 1 aliphatic heterocycles. The number of rotatable bonds is 5. The van der Waals surface area contributed by atoms with Gasteiger partial charge >= 0.3 is 5.97 Å². The maximum absolute atomic E-state index is 14.5. The molecular formula is C22H20FN3O3. The quantitative estimate of drug-likeness (QED) is 0.590. The van der Waals surface area contributed by atoms with Gasteiger partial charge in [0.1, 0.15) is 17.5 Å². The topological polar surface area (TPSA) is 93.4 Å². The van der Waals surface area contributed by atoms with E-state index in [0.717, 1.165) is 32.4 Å². The average molecular weight is 393 g/mol. The Kier molecular flexibility index (Phi) is 6.25. The maximum atomic E-state index is 14.5. The summed E-state index contributed by atoms with van der Waals surface area (Å²) in [5.74, 6) is -2.22. The number of piperidine rings is 1. The smallest absolute Gasteiger partial charge is 0.335 e. The average Bonchev–Trinajstić information content (AvgIpc) is 2.72. The van der Waals surface area contributed by atoms with E-state index in [4.69, 9.17) is 5.11 Å². The largest absolute Gasteiger partial charge is 0.478 e. The van der Waals surface area contributed by atoms with E-state index in [2.05, 4.69) is 5.32 Å². The summed E-state index contributed by atoms with van der Waals surface area (Å²) in [6.45, 7) is 1.63. The van der Waals surface area contributed by atoms with Crippen molar-refractivity contribution in [2.75, 3.05) is 23.3 Å². The van der Waals surface area contributed by atoms with Crippen LogP contribution in [0.25, 0.3) is 6.08 Å². The van der Waals surface area contributed by atoms with Gasteiger partial charge < -0.3 is 15.3 Å². The lowest BCUT2D eigenvalue weighted by molar-refractivity contribution is -0.112. The third-order valence-corrected chi connectivity index (χ3v) is 4.71. The molecule has 0 aromatic heterocycles. The number of carbonyl (C=O) groups is 2. The molecule has 3 rings (SSSR count). The lowest BCUT2D eigenvalue weighted by atomic mass is 10.1. The number of hydrogen-bond acceptors (Lipinski definition) is 4. The zero-order valence-electron chi connectivity index (χ0n) is 15.7. The van der Waals surface area contributed by atoms with Crippen LogP contribution >= 0.6 is 0 Å². The Morgan fingerprint density at radius 3 is 2.55 bits per heavy atom. The molecule has 1 amide bonds. The Morgan fingerprint density at radius 2 is 1.90 bits per heavy atom. The second-order valence-corrected chi connectivity index (χ2v) is 6.77. The van der Waals surface area contributed by atoms with Crippen molar-refractivity contribution in [3.05, 3.63) is 65.0 Å². The molecule has 0 radical (unpaired) electrons. The highest BCUT2D eigenvalue weighted by Gasteiger charge is 2.16. The van der Waals surface area contributed by atoms with Crippen LogP contribution in [-0.4, -0.2) is 30.1 Å². The fourth-order valence-corrected chi connectivity index (χ4v) is 3.25. The van der Waals surface area contributed by atoms with E-state index in [1.807, 2.05) is 4.90 Å². The van der Waals surface area contributed by atoms with Gasteiger partial charge in [0.05, 0.1) is 11.3 Å². The van der Waals surface area contributed by atoms with Crippen molar-refractivity contribution in [1.82, 2.24) is 0 Å². The molecule has 6 nitrogen and oxygen atoms in total. The first kappa shape index (κ1) is 20.1. The lowest BCUT2D eigenvalue weighted by Crippen LogP contribution is -2.30. The van der Waals surface area contributed by atoms with Gasteiger partial charge in [-0.05, 0) is 61.2 Å². The molecule has 0 unspecified atom stereocenters. The maximum Gasteiger partial charge on any atom is 0.335 e. The lowest BCUT2D eigenvalue weighted by Gasteiger charge is -2.29. The molecule has 1 heterocycles. The van der Waals surface area contributed by atoms with Gasteiger partial charge in [0, 0.05) is 18.8 Å². The van der Waals surface area contributed by atoms with Gasteiger partial charge in [-0.1, -0.05) is 12.1 Å². The molecule has 0 spiro atoms. The monoisotopic (exact) mass is 393 g/mol. The minimum Gasteiger partial charge on any atom is -0.478 e. The summed E-state index contributed by atoms with van der Waals surface area (Å²) in [6.07, 6.45) is 4.51. The second kappa shape index (κ2) is 9.02. The normalized spacial score (nSPS) is 14.2. The van der Waals surface area contributed by atoms with E-state index in [-0.39, 0.29) is 16.8 Å². The van der Waals surface area contributed by atoms with Crippen LogP contribution in [0, 0.1) is 17.1 Å². The SMILES string of the molecule is N#C/C(=C/c1ccc(N2CCCCC2)c(F)c1)C(=O)Nc1cccc(C(=O)O)c1. The van der Waals surface area contributed by atoms with Crippen LogP contribution in [0.1, 0.15) is 35.2 Å². The van der Waals surface area contributed by atoms with Crippen molar-refractivity contribution in [3.63, 3.8) is 0 Å². The predicted octanol–water partition coefficient (Wildman–Crippen LogP) is 4.06. The van der Waals surface area contributed by atoms with E-state index >= 15 is 0 Å². The molecule has 2 aromatic carbocycles. The zero-order chi connectivity index (χ0) is 20.8. The number of hydrogen-bond donors (Lipinski definition) is 2. The first-order chi connectivity index (χ1) is 14.0. The summed E-state index contributed by atoms with van der Waals surface area (Å²) in [5, 5.41) is 20.8. The first-order valence-electron chi connectivity index (χ1n) is 9.29. The van der Waals surface area contributed by atoms with E-state index in [9.17, 15) is 19.2 Å². The van der Waals surface area contributed by atoms with Crippen LogP contribution in [0.4, 0.5) is 15.8 Å². The Bertz CT molecular complexity index is 1000. The predicted molar refractivity (Wildman–Crippen MR) is 108 cm³/mol. The summed E-state index contributed by atoms with van der Waals surface area (Å²) < 4.78 is 14.5. The van der Waals surface area contributed by atoms with Crippen LogP contribution in [0.2, 0.25) is 0 Å². The summed E-state index contributed by atoms with van der Waals surface area (Å²) in [5.41, 5.74) is 0.976. The number of amides is 1. The van der Waals surface area contributed by atoms with E-state index in [1.54, 1.807) is 18.2 Å². The standard InChI is InChI=1S/C22H20FN3O3/c23-19-12-15(7-8-20(19)26-9-2-1-3-10-26)11-17(14-24)21(27)25-18-6-4-5-16(13-18)22(28)29/h4-8,11-13H,1-3,9-10H2,(H,25,27)(H,28,29)/b17-11-. The van der Waals surface area contributed by atoms with Crippen molar-refractivity contribution < 1.29 is 19.1 Å². The highest BCUT2D eigenvalue weighted by Crippen LogP contribution is 2.25. The molecule has 1 aliphatic rings. The van der Waals surface area contributed by atoms with Crippen molar-refractivity contribution >= 4 is 29.3 Å². The highest BCUT2D eigenvalue weighted by atomic mass is 19.1. The summed E-state index contributed by atoms with van der Waals surface area (Å²) in [6, 6.07) is 12.1.